The first kappa shape index (κ1) is 17.4. The summed E-state index contributed by atoms with van der Waals surface area (Å²) in [6.45, 7) is 2.07. The number of benzene rings is 1. The molecule has 1 aromatic carbocycles. The minimum absolute atomic E-state index is 0.00667. The first-order chi connectivity index (χ1) is 11.9. The van der Waals surface area contributed by atoms with Crippen LogP contribution in [-0.2, 0) is 16.6 Å². The fraction of sp³-hybridized carbons (Fsp3) is 0.350. The monoisotopic (exact) mass is 351 g/mol. The summed E-state index contributed by atoms with van der Waals surface area (Å²) in [4.78, 5) is 14.8. The number of amidine groups is 1. The van der Waals surface area contributed by atoms with E-state index in [1.165, 1.54) is 4.90 Å². The number of carbonyl (C=O) groups excluding carboxylic acids is 1. The van der Waals surface area contributed by atoms with E-state index in [0.29, 0.717) is 25.1 Å². The SMILES string of the molecule is CN1C(=N)C[C@](C)(c2cc(-c3cccc(CCC#N)c3)cs2)CC1=O. The summed E-state index contributed by atoms with van der Waals surface area (Å²) >= 11 is 1.66. The molecule has 2 aromatic rings. The number of hydrogen-bond donors (Lipinski definition) is 1. The first-order valence-corrected chi connectivity index (χ1v) is 9.20. The fourth-order valence-electron chi connectivity index (χ4n) is 3.24. The molecule has 1 N–H and O–H groups in total. The van der Waals surface area contributed by atoms with Crippen LogP contribution in [0.25, 0.3) is 11.1 Å². The van der Waals surface area contributed by atoms with Crippen molar-refractivity contribution in [3.8, 4) is 17.2 Å². The lowest BCUT2D eigenvalue weighted by molar-refractivity contribution is -0.128. The van der Waals surface area contributed by atoms with Crippen molar-refractivity contribution in [2.45, 2.75) is 38.0 Å². The van der Waals surface area contributed by atoms with E-state index in [4.69, 9.17) is 10.7 Å². The van der Waals surface area contributed by atoms with E-state index in [1.54, 1.807) is 18.4 Å². The Morgan fingerprint density at radius 2 is 2.12 bits per heavy atom. The van der Waals surface area contributed by atoms with Gasteiger partial charge in [-0.15, -0.1) is 11.3 Å². The third-order valence-electron chi connectivity index (χ3n) is 4.86. The van der Waals surface area contributed by atoms with Crippen LogP contribution in [-0.4, -0.2) is 23.7 Å². The van der Waals surface area contributed by atoms with Gasteiger partial charge in [-0.25, -0.2) is 0 Å². The molecule has 0 bridgehead atoms. The first-order valence-electron chi connectivity index (χ1n) is 8.32. The number of carbonyl (C=O) groups is 1. The number of aryl methyl sites for hydroxylation is 1. The largest absolute Gasteiger partial charge is 0.304 e. The van der Waals surface area contributed by atoms with Crippen molar-refractivity contribution in [3.63, 3.8) is 0 Å². The zero-order valence-electron chi connectivity index (χ0n) is 14.5. The molecule has 2 heterocycles. The summed E-state index contributed by atoms with van der Waals surface area (Å²) in [6.07, 6.45) is 2.30. The lowest BCUT2D eigenvalue weighted by Crippen LogP contribution is -2.46. The maximum atomic E-state index is 12.2. The van der Waals surface area contributed by atoms with Crippen LogP contribution in [0.3, 0.4) is 0 Å². The second-order valence-electron chi connectivity index (χ2n) is 6.87. The minimum atomic E-state index is -0.304. The molecule has 1 aliphatic heterocycles. The van der Waals surface area contributed by atoms with Crippen LogP contribution in [0, 0.1) is 16.7 Å². The molecule has 3 rings (SSSR count). The van der Waals surface area contributed by atoms with E-state index in [1.807, 2.05) is 12.1 Å². The predicted molar refractivity (Wildman–Crippen MR) is 101 cm³/mol. The van der Waals surface area contributed by atoms with Gasteiger partial charge in [0.05, 0.1) is 6.07 Å². The smallest absolute Gasteiger partial charge is 0.228 e. The fourth-order valence-corrected chi connectivity index (χ4v) is 4.32. The highest BCUT2D eigenvalue weighted by atomic mass is 32.1. The van der Waals surface area contributed by atoms with Gasteiger partial charge >= 0.3 is 0 Å². The Kier molecular flexibility index (Phi) is 4.73. The molecule has 4 nitrogen and oxygen atoms in total. The van der Waals surface area contributed by atoms with Crippen LogP contribution in [0.4, 0.5) is 0 Å². The van der Waals surface area contributed by atoms with Gasteiger partial charge in [-0.1, -0.05) is 31.2 Å². The molecular weight excluding hydrogens is 330 g/mol. The summed E-state index contributed by atoms with van der Waals surface area (Å²) < 4.78 is 0. The second kappa shape index (κ2) is 6.81. The minimum Gasteiger partial charge on any atom is -0.304 e. The zero-order chi connectivity index (χ0) is 18.0. The molecule has 1 atom stereocenters. The molecule has 0 radical (unpaired) electrons. The summed E-state index contributed by atoms with van der Waals surface area (Å²) in [5.74, 6) is 0.388. The van der Waals surface area contributed by atoms with Crippen molar-refractivity contribution in [2.24, 2.45) is 0 Å². The summed E-state index contributed by atoms with van der Waals surface area (Å²) in [5.41, 5.74) is 3.13. The van der Waals surface area contributed by atoms with Gasteiger partial charge in [-0.3, -0.25) is 10.2 Å². The maximum Gasteiger partial charge on any atom is 0.228 e. The summed E-state index contributed by atoms with van der Waals surface area (Å²) in [6, 6.07) is 12.6. The molecule has 0 aliphatic carbocycles. The Bertz CT molecular complexity index is 844. The maximum absolute atomic E-state index is 12.2. The molecule has 0 saturated carbocycles. The Labute approximate surface area is 152 Å². The third kappa shape index (κ3) is 3.49. The van der Waals surface area contributed by atoms with Crippen LogP contribution in [0.1, 0.15) is 36.6 Å². The molecule has 5 heteroatoms. The Hall–Kier alpha value is -2.45. The number of nitrogens with zero attached hydrogens (tertiary/aromatic N) is 2. The van der Waals surface area contributed by atoms with Crippen molar-refractivity contribution in [1.82, 2.24) is 4.90 Å². The van der Waals surface area contributed by atoms with E-state index in [0.717, 1.165) is 28.0 Å². The van der Waals surface area contributed by atoms with Gasteiger partial charge in [-0.2, -0.15) is 5.26 Å². The van der Waals surface area contributed by atoms with Gasteiger partial charge in [0.15, 0.2) is 0 Å². The Morgan fingerprint density at radius 1 is 1.32 bits per heavy atom. The molecule has 1 amide bonds. The number of nitrogens with one attached hydrogen (secondary N) is 1. The number of likely N-dealkylation sites (tertiary alicyclic amines) is 1. The predicted octanol–water partition coefficient (Wildman–Crippen LogP) is 4.36. The van der Waals surface area contributed by atoms with Gasteiger partial charge in [-0.05, 0) is 34.6 Å². The van der Waals surface area contributed by atoms with Crippen LogP contribution in [0.15, 0.2) is 35.7 Å². The Balaban J connectivity index is 1.87. The normalized spacial score (nSPS) is 20.6. The van der Waals surface area contributed by atoms with E-state index < -0.39 is 0 Å². The molecule has 1 aliphatic rings. The molecular formula is C20H21N3OS. The topological polar surface area (TPSA) is 68.0 Å². The number of nitriles is 1. The molecule has 25 heavy (non-hydrogen) atoms. The van der Waals surface area contributed by atoms with Crippen molar-refractivity contribution in [1.29, 1.82) is 10.7 Å². The van der Waals surface area contributed by atoms with Gasteiger partial charge in [0, 0.05) is 36.6 Å². The number of hydrogen-bond acceptors (Lipinski definition) is 4. The molecule has 1 fully saturated rings. The molecule has 128 valence electrons. The van der Waals surface area contributed by atoms with Crippen LogP contribution in [0.2, 0.25) is 0 Å². The average molecular weight is 351 g/mol. The van der Waals surface area contributed by atoms with Crippen molar-refractivity contribution in [3.05, 3.63) is 46.2 Å². The summed E-state index contributed by atoms with van der Waals surface area (Å²) in [5, 5.41) is 19.0. The van der Waals surface area contributed by atoms with E-state index >= 15 is 0 Å². The highest BCUT2D eigenvalue weighted by Gasteiger charge is 2.39. The Morgan fingerprint density at radius 3 is 2.84 bits per heavy atom. The number of amides is 1. The lowest BCUT2D eigenvalue weighted by Gasteiger charge is -2.36. The number of piperidine rings is 1. The number of thiophene rings is 1. The molecule has 1 aromatic heterocycles. The van der Waals surface area contributed by atoms with E-state index in [9.17, 15) is 4.79 Å². The third-order valence-corrected chi connectivity index (χ3v) is 6.09. The van der Waals surface area contributed by atoms with Crippen LogP contribution < -0.4 is 0 Å². The van der Waals surface area contributed by atoms with Gasteiger partial charge < -0.3 is 4.90 Å². The standard InChI is InChI=1S/C20H21N3OS/c1-20(11-18(22)23(2)19(24)12-20)17-10-16(13-25-17)15-7-3-5-14(9-15)6-4-8-21/h3,5,7,9-10,13,22H,4,6,11-12H2,1-2H3/t20-/m0/s1. The van der Waals surface area contributed by atoms with Gasteiger partial charge in [0.25, 0.3) is 0 Å². The second-order valence-corrected chi connectivity index (χ2v) is 7.78. The molecule has 0 spiro atoms. The highest BCUT2D eigenvalue weighted by Crippen LogP contribution is 2.41. The number of rotatable bonds is 4. The average Bonchev–Trinajstić information content (AvgIpc) is 3.09. The van der Waals surface area contributed by atoms with Crippen molar-refractivity contribution in [2.75, 3.05) is 7.05 Å². The van der Waals surface area contributed by atoms with Crippen LogP contribution in [0.5, 0.6) is 0 Å². The van der Waals surface area contributed by atoms with Crippen LogP contribution >= 0.6 is 11.3 Å². The van der Waals surface area contributed by atoms with Crippen molar-refractivity contribution < 1.29 is 4.79 Å². The highest BCUT2D eigenvalue weighted by molar-refractivity contribution is 7.10. The van der Waals surface area contributed by atoms with Crippen molar-refractivity contribution >= 4 is 23.1 Å². The van der Waals surface area contributed by atoms with Gasteiger partial charge in [0.2, 0.25) is 5.91 Å². The van der Waals surface area contributed by atoms with Gasteiger partial charge in [0.1, 0.15) is 5.84 Å². The quantitative estimate of drug-likeness (QED) is 0.889. The van der Waals surface area contributed by atoms with E-state index in [2.05, 4.69) is 36.6 Å². The molecule has 1 saturated heterocycles. The lowest BCUT2D eigenvalue weighted by atomic mass is 9.78. The zero-order valence-corrected chi connectivity index (χ0v) is 15.3. The van der Waals surface area contributed by atoms with E-state index in [-0.39, 0.29) is 11.3 Å². The summed E-state index contributed by atoms with van der Waals surface area (Å²) in [7, 11) is 1.68. The molecule has 0 unspecified atom stereocenters.